The van der Waals surface area contributed by atoms with Gasteiger partial charge in [-0.25, -0.2) is 8.42 Å². The first-order chi connectivity index (χ1) is 13.4. The molecule has 0 aliphatic carbocycles. The van der Waals surface area contributed by atoms with Crippen LogP contribution in [0, 0.1) is 0 Å². The molecule has 5 nitrogen and oxygen atoms in total. The number of aryl methyl sites for hydroxylation is 1. The van der Waals surface area contributed by atoms with E-state index in [2.05, 4.69) is 12.6 Å². The molecule has 1 aliphatic heterocycles. The van der Waals surface area contributed by atoms with Crippen LogP contribution >= 0.6 is 12.6 Å². The van der Waals surface area contributed by atoms with E-state index in [1.807, 2.05) is 60.7 Å². The number of benzene rings is 2. The molecule has 2 aromatic carbocycles. The normalized spacial score (nSPS) is 20.2. The van der Waals surface area contributed by atoms with Crippen molar-refractivity contribution in [3.8, 4) is 0 Å². The van der Waals surface area contributed by atoms with Crippen molar-refractivity contribution in [1.29, 1.82) is 0 Å². The molecule has 0 N–H and O–H groups in total. The topological polar surface area (TPSA) is 57.7 Å². The highest BCUT2D eigenvalue weighted by Crippen LogP contribution is 2.27. The van der Waals surface area contributed by atoms with Gasteiger partial charge in [0.05, 0.1) is 5.75 Å². The molecule has 7 heteroatoms. The van der Waals surface area contributed by atoms with E-state index >= 15 is 0 Å². The summed E-state index contributed by atoms with van der Waals surface area (Å²) < 4.78 is 27.3. The van der Waals surface area contributed by atoms with Crippen LogP contribution in [0.3, 0.4) is 0 Å². The third-order valence-electron chi connectivity index (χ3n) is 5.01. The summed E-state index contributed by atoms with van der Waals surface area (Å²) in [7, 11) is -1.84. The maximum atomic E-state index is 13.0. The summed E-state index contributed by atoms with van der Waals surface area (Å²) >= 11 is 4.47. The Labute approximate surface area is 172 Å². The number of amides is 1. The Balaban J connectivity index is 1.69. The van der Waals surface area contributed by atoms with Crippen LogP contribution in [0.25, 0.3) is 0 Å². The van der Waals surface area contributed by atoms with Crippen LogP contribution in [0.1, 0.15) is 17.5 Å². The van der Waals surface area contributed by atoms with Gasteiger partial charge in [-0.3, -0.25) is 4.79 Å². The van der Waals surface area contributed by atoms with Gasteiger partial charge >= 0.3 is 0 Å². The summed E-state index contributed by atoms with van der Waals surface area (Å²) in [5.74, 6) is -0.187. The fraction of sp³-hybridized carbons (Fsp3) is 0.381. The van der Waals surface area contributed by atoms with Gasteiger partial charge < -0.3 is 4.90 Å². The van der Waals surface area contributed by atoms with Gasteiger partial charge in [-0.1, -0.05) is 60.7 Å². The molecule has 0 radical (unpaired) electrons. The minimum atomic E-state index is -3.55. The zero-order valence-electron chi connectivity index (χ0n) is 15.9. The van der Waals surface area contributed by atoms with Crippen LogP contribution in [0.5, 0.6) is 0 Å². The van der Waals surface area contributed by atoms with Gasteiger partial charge in [0.1, 0.15) is 6.04 Å². The Bertz CT molecular complexity index is 888. The van der Waals surface area contributed by atoms with Crippen molar-refractivity contribution in [3.63, 3.8) is 0 Å². The number of carbonyl (C=O) groups excluding carboxylic acids is 1. The van der Waals surface area contributed by atoms with E-state index in [1.165, 1.54) is 4.31 Å². The van der Waals surface area contributed by atoms with Crippen molar-refractivity contribution in [1.82, 2.24) is 9.21 Å². The van der Waals surface area contributed by atoms with E-state index in [0.717, 1.165) is 11.1 Å². The Kier molecular flexibility index (Phi) is 6.80. The number of sulfonamides is 1. The third kappa shape index (κ3) is 5.16. The molecular formula is C21H26N2O3S2. The molecule has 0 spiro atoms. The monoisotopic (exact) mass is 418 g/mol. The largest absolute Gasteiger partial charge is 0.340 e. The number of likely N-dealkylation sites (N-methyl/N-ethyl adjacent to an activating group) is 1. The highest BCUT2D eigenvalue weighted by atomic mass is 32.2. The predicted octanol–water partition coefficient (Wildman–Crippen LogP) is 2.59. The fourth-order valence-electron chi connectivity index (χ4n) is 3.51. The van der Waals surface area contributed by atoms with Gasteiger partial charge in [-0.15, -0.1) is 0 Å². The summed E-state index contributed by atoms with van der Waals surface area (Å²) in [4.78, 5) is 14.6. The van der Waals surface area contributed by atoms with Gasteiger partial charge in [0, 0.05) is 25.4 Å². The smallest absolute Gasteiger partial charge is 0.241 e. The van der Waals surface area contributed by atoms with Crippen LogP contribution in [-0.4, -0.2) is 54.2 Å². The van der Waals surface area contributed by atoms with Gasteiger partial charge in [0.25, 0.3) is 0 Å². The number of thiol groups is 1. The molecule has 1 fully saturated rings. The van der Waals surface area contributed by atoms with Gasteiger partial charge in [-0.2, -0.15) is 16.9 Å². The summed E-state index contributed by atoms with van der Waals surface area (Å²) in [5.41, 5.74) is 1.98. The molecule has 1 saturated heterocycles. The van der Waals surface area contributed by atoms with Crippen molar-refractivity contribution in [2.45, 2.75) is 30.7 Å². The van der Waals surface area contributed by atoms with Crippen LogP contribution in [0.2, 0.25) is 0 Å². The van der Waals surface area contributed by atoms with Crippen LogP contribution in [0.15, 0.2) is 60.7 Å². The second kappa shape index (κ2) is 9.11. The van der Waals surface area contributed by atoms with E-state index in [9.17, 15) is 13.2 Å². The maximum Gasteiger partial charge on any atom is 0.241 e. The van der Waals surface area contributed by atoms with E-state index in [4.69, 9.17) is 0 Å². The quantitative estimate of drug-likeness (QED) is 0.703. The second-order valence-electron chi connectivity index (χ2n) is 7.21. The van der Waals surface area contributed by atoms with Crippen molar-refractivity contribution in [3.05, 3.63) is 71.8 Å². The summed E-state index contributed by atoms with van der Waals surface area (Å²) in [6.07, 6.45) is 0.864. The first kappa shape index (κ1) is 20.9. The van der Waals surface area contributed by atoms with Gasteiger partial charge in [0.2, 0.25) is 15.9 Å². The lowest BCUT2D eigenvalue weighted by atomic mass is 10.1. The maximum absolute atomic E-state index is 13.0. The number of rotatable bonds is 7. The molecular weight excluding hydrogens is 392 g/mol. The van der Waals surface area contributed by atoms with Crippen molar-refractivity contribution in [2.24, 2.45) is 0 Å². The molecule has 1 heterocycles. The second-order valence-corrected chi connectivity index (χ2v) is 9.98. The van der Waals surface area contributed by atoms with Crippen molar-refractivity contribution < 1.29 is 13.2 Å². The molecule has 1 aliphatic rings. The molecule has 3 rings (SSSR count). The fourth-order valence-corrected chi connectivity index (χ4v) is 5.70. The number of hydrogen-bond acceptors (Lipinski definition) is 4. The van der Waals surface area contributed by atoms with Crippen LogP contribution in [-0.2, 0) is 27.8 Å². The lowest BCUT2D eigenvalue weighted by Gasteiger charge is -2.27. The molecule has 0 saturated carbocycles. The number of nitrogens with zero attached hydrogens (tertiary/aromatic N) is 2. The molecule has 2 atom stereocenters. The van der Waals surface area contributed by atoms with Gasteiger partial charge in [-0.05, 0) is 24.0 Å². The number of hydrogen-bond donors (Lipinski definition) is 1. The van der Waals surface area contributed by atoms with Crippen molar-refractivity contribution >= 4 is 28.6 Å². The van der Waals surface area contributed by atoms with Crippen LogP contribution in [0.4, 0.5) is 0 Å². The third-order valence-corrected chi connectivity index (χ3v) is 7.22. The summed E-state index contributed by atoms with van der Waals surface area (Å²) in [5, 5.41) is -0.134. The average Bonchev–Trinajstić information content (AvgIpc) is 3.10. The zero-order valence-corrected chi connectivity index (χ0v) is 17.6. The van der Waals surface area contributed by atoms with E-state index in [-0.39, 0.29) is 23.5 Å². The summed E-state index contributed by atoms with van der Waals surface area (Å²) in [6, 6.07) is 18.5. The summed E-state index contributed by atoms with van der Waals surface area (Å²) in [6.45, 7) is 0.723. The average molecular weight is 419 g/mol. The number of carbonyl (C=O) groups is 1. The first-order valence-corrected chi connectivity index (χ1v) is 11.5. The lowest BCUT2D eigenvalue weighted by Crippen LogP contribution is -2.47. The Hall–Kier alpha value is -1.83. The molecule has 0 aromatic heterocycles. The molecule has 2 aromatic rings. The zero-order chi connectivity index (χ0) is 20.1. The first-order valence-electron chi connectivity index (χ1n) is 9.37. The van der Waals surface area contributed by atoms with Crippen molar-refractivity contribution in [2.75, 3.05) is 19.3 Å². The predicted molar refractivity (Wildman–Crippen MR) is 115 cm³/mol. The standard InChI is InChI=1S/C21H26N2O3S2/c1-22(15-18-10-6-3-7-11-18)21(24)20-14-19(27)16-23(20)28(25,26)13-12-17-8-4-2-5-9-17/h2-11,19-20,27H,12-16H2,1H3/t19-,20+/m1/s1. The molecule has 1 amide bonds. The SMILES string of the molecule is CN(Cc1ccccc1)C(=O)[C@@H]1C[C@@H](S)CN1S(=O)(=O)CCc1ccccc1. The highest BCUT2D eigenvalue weighted by Gasteiger charge is 2.42. The highest BCUT2D eigenvalue weighted by molar-refractivity contribution is 7.89. The minimum absolute atomic E-state index is 0.0102. The van der Waals surface area contributed by atoms with Crippen LogP contribution < -0.4 is 0 Å². The Morgan fingerprint density at radius 3 is 2.25 bits per heavy atom. The molecule has 150 valence electrons. The minimum Gasteiger partial charge on any atom is -0.340 e. The van der Waals surface area contributed by atoms with E-state index < -0.39 is 16.1 Å². The van der Waals surface area contributed by atoms with Gasteiger partial charge in [0.15, 0.2) is 0 Å². The molecule has 28 heavy (non-hydrogen) atoms. The molecule has 0 bridgehead atoms. The van der Waals surface area contributed by atoms with E-state index in [1.54, 1.807) is 11.9 Å². The molecule has 0 unspecified atom stereocenters. The Morgan fingerprint density at radius 1 is 1.07 bits per heavy atom. The lowest BCUT2D eigenvalue weighted by molar-refractivity contribution is -0.133. The Morgan fingerprint density at radius 2 is 1.64 bits per heavy atom. The van der Waals surface area contributed by atoms with E-state index in [0.29, 0.717) is 19.4 Å².